The maximum absolute atomic E-state index is 13.1. The van der Waals surface area contributed by atoms with E-state index in [1.54, 1.807) is 32.0 Å². The van der Waals surface area contributed by atoms with Crippen molar-refractivity contribution in [2.45, 2.75) is 91.3 Å². The zero-order valence-corrected chi connectivity index (χ0v) is 29.3. The Hall–Kier alpha value is -4.15. The minimum atomic E-state index is -4.04. The average Bonchev–Trinajstić information content (AvgIpc) is 3.34. The fourth-order valence-electron chi connectivity index (χ4n) is 4.85. The van der Waals surface area contributed by atoms with Gasteiger partial charge >= 0.3 is 5.97 Å². The predicted octanol–water partition coefficient (Wildman–Crippen LogP) is 2.05. The van der Waals surface area contributed by atoms with Crippen LogP contribution >= 0.6 is 0 Å². The highest BCUT2D eigenvalue weighted by Gasteiger charge is 2.27. The van der Waals surface area contributed by atoms with Crippen LogP contribution in [0.2, 0.25) is 0 Å². The first kappa shape index (κ1) is 41.0. The van der Waals surface area contributed by atoms with Gasteiger partial charge in [-0.15, -0.1) is 0 Å². The van der Waals surface area contributed by atoms with Crippen molar-refractivity contribution in [3.63, 3.8) is 0 Å². The van der Waals surface area contributed by atoms with Crippen molar-refractivity contribution in [3.05, 3.63) is 41.5 Å². The first-order chi connectivity index (χ1) is 23.1. The molecule has 0 fully saturated rings. The third kappa shape index (κ3) is 15.7. The summed E-state index contributed by atoms with van der Waals surface area (Å²) in [5, 5.41) is 8.17. The highest BCUT2D eigenvalue weighted by Crippen LogP contribution is 2.20. The van der Waals surface area contributed by atoms with Crippen LogP contribution in [0.3, 0.4) is 0 Å². The molecule has 5 amide bonds. The second-order valence-electron chi connectivity index (χ2n) is 12.1. The number of esters is 1. The second-order valence-corrected chi connectivity index (χ2v) is 13.7. The van der Waals surface area contributed by atoms with Crippen molar-refractivity contribution in [3.8, 4) is 0 Å². The molecule has 0 aliphatic carbocycles. The minimum absolute atomic E-state index is 0.0290. The highest BCUT2D eigenvalue weighted by atomic mass is 32.2. The smallest absolute Gasteiger partial charge is 0.302 e. The third-order valence-corrected chi connectivity index (χ3v) is 8.34. The van der Waals surface area contributed by atoms with Crippen LogP contribution in [0.15, 0.2) is 30.4 Å². The Morgan fingerprint density at radius 2 is 1.55 bits per heavy atom. The van der Waals surface area contributed by atoms with Gasteiger partial charge in [0.2, 0.25) is 17.7 Å². The molecular formula is C33H48N4O11S. The summed E-state index contributed by atoms with van der Waals surface area (Å²) in [6.07, 6.45) is 5.48. The summed E-state index contributed by atoms with van der Waals surface area (Å²) in [7, 11) is -4.04. The Morgan fingerprint density at radius 3 is 2.18 bits per heavy atom. The molecule has 2 rings (SSSR count). The second kappa shape index (κ2) is 20.4. The van der Waals surface area contributed by atoms with Gasteiger partial charge in [0.05, 0.1) is 5.75 Å². The Bertz CT molecular complexity index is 1460. The van der Waals surface area contributed by atoms with Crippen LogP contribution in [0.1, 0.15) is 77.3 Å². The van der Waals surface area contributed by atoms with Crippen molar-refractivity contribution >= 4 is 51.3 Å². The fourth-order valence-corrected chi connectivity index (χ4v) is 5.33. The summed E-state index contributed by atoms with van der Waals surface area (Å²) >= 11 is 0. The number of benzene rings is 1. The number of imide groups is 1. The number of aryl methyl sites for hydroxylation is 1. The molecule has 0 saturated carbocycles. The molecular weight excluding hydrogens is 660 g/mol. The zero-order chi connectivity index (χ0) is 36.6. The molecule has 16 heteroatoms. The van der Waals surface area contributed by atoms with Crippen LogP contribution in [0.4, 0.5) is 5.69 Å². The Labute approximate surface area is 287 Å². The molecule has 0 bridgehead atoms. The molecule has 2 atom stereocenters. The van der Waals surface area contributed by atoms with Crippen molar-refractivity contribution in [2.75, 3.05) is 30.8 Å². The first-order valence-corrected chi connectivity index (χ1v) is 17.9. The number of ether oxygens (including phenoxy) is 2. The number of nitrogens with zero attached hydrogens (tertiary/aromatic N) is 1. The quantitative estimate of drug-likeness (QED) is 0.0592. The van der Waals surface area contributed by atoms with Crippen molar-refractivity contribution in [1.82, 2.24) is 15.5 Å². The van der Waals surface area contributed by atoms with Crippen LogP contribution in [0, 0.1) is 5.92 Å². The van der Waals surface area contributed by atoms with Gasteiger partial charge in [0, 0.05) is 50.9 Å². The summed E-state index contributed by atoms with van der Waals surface area (Å²) in [4.78, 5) is 74.5. The molecule has 49 heavy (non-hydrogen) atoms. The number of amides is 5. The van der Waals surface area contributed by atoms with Gasteiger partial charge in [-0.1, -0.05) is 26.3 Å². The molecule has 4 N–H and O–H groups in total. The molecule has 0 unspecified atom stereocenters. The van der Waals surface area contributed by atoms with E-state index in [1.807, 2.05) is 0 Å². The normalized spacial score (nSPS) is 14.1. The lowest BCUT2D eigenvalue weighted by molar-refractivity contribution is -0.142. The van der Waals surface area contributed by atoms with E-state index < -0.39 is 40.0 Å². The maximum atomic E-state index is 13.1. The lowest BCUT2D eigenvalue weighted by Gasteiger charge is -2.24. The number of hydrogen-bond acceptors (Lipinski definition) is 10. The molecule has 15 nitrogen and oxygen atoms in total. The summed E-state index contributed by atoms with van der Waals surface area (Å²) in [5.41, 5.74) is 1.96. The number of nitrogens with one attached hydrogen (secondary N) is 3. The zero-order valence-electron chi connectivity index (χ0n) is 28.5. The highest BCUT2D eigenvalue weighted by molar-refractivity contribution is 7.85. The predicted molar refractivity (Wildman–Crippen MR) is 179 cm³/mol. The molecule has 0 spiro atoms. The molecule has 1 aliphatic rings. The van der Waals surface area contributed by atoms with Crippen LogP contribution in [-0.4, -0.2) is 91.0 Å². The monoisotopic (exact) mass is 708 g/mol. The van der Waals surface area contributed by atoms with Crippen molar-refractivity contribution < 1.29 is 51.2 Å². The maximum Gasteiger partial charge on any atom is 0.302 e. The van der Waals surface area contributed by atoms with Gasteiger partial charge in [-0.25, -0.2) is 0 Å². The van der Waals surface area contributed by atoms with Gasteiger partial charge in [-0.3, -0.25) is 38.2 Å². The first-order valence-electron chi connectivity index (χ1n) is 16.3. The minimum Gasteiger partial charge on any atom is -0.461 e. The van der Waals surface area contributed by atoms with E-state index in [1.165, 1.54) is 26.0 Å². The SMILES string of the molecule is CC(=O)OCc1ccc(NC(=O)[C@H](C)NC(=O)[C@@H](NC(=O)CCCCCN2C(=O)C=CC2=O)C(C)C)cc1CCCOCCCS(=O)(=O)O. The summed E-state index contributed by atoms with van der Waals surface area (Å²) in [6, 6.07) is 3.28. The largest absolute Gasteiger partial charge is 0.461 e. The molecule has 1 aromatic rings. The summed E-state index contributed by atoms with van der Waals surface area (Å²) in [6.45, 7) is 7.15. The van der Waals surface area contributed by atoms with Crippen LogP contribution in [-0.2, 0) is 61.4 Å². The van der Waals surface area contributed by atoms with E-state index in [4.69, 9.17) is 14.0 Å². The van der Waals surface area contributed by atoms with E-state index in [2.05, 4.69) is 16.0 Å². The number of anilines is 1. The van der Waals surface area contributed by atoms with Gasteiger partial charge < -0.3 is 25.4 Å². The molecule has 0 saturated heterocycles. The molecule has 1 aromatic carbocycles. The van der Waals surface area contributed by atoms with E-state index in [-0.39, 0.29) is 62.0 Å². The average molecular weight is 709 g/mol. The van der Waals surface area contributed by atoms with Crippen molar-refractivity contribution in [2.24, 2.45) is 5.92 Å². The van der Waals surface area contributed by atoms with E-state index in [0.29, 0.717) is 44.4 Å². The number of hydrogen-bond donors (Lipinski definition) is 4. The molecule has 1 aliphatic heterocycles. The van der Waals surface area contributed by atoms with E-state index in [0.717, 1.165) is 16.0 Å². The molecule has 0 aromatic heterocycles. The lowest BCUT2D eigenvalue weighted by atomic mass is 10.0. The van der Waals surface area contributed by atoms with Gasteiger partial charge in [0.25, 0.3) is 21.9 Å². The summed E-state index contributed by atoms with van der Waals surface area (Å²) in [5.74, 6) is -3.13. The number of carbonyl (C=O) groups excluding carboxylic acids is 6. The third-order valence-electron chi connectivity index (χ3n) is 7.53. The van der Waals surface area contributed by atoms with Gasteiger partial charge in [-0.2, -0.15) is 8.42 Å². The van der Waals surface area contributed by atoms with Crippen LogP contribution in [0.25, 0.3) is 0 Å². The Morgan fingerprint density at radius 1 is 0.878 bits per heavy atom. The van der Waals surface area contributed by atoms with Crippen molar-refractivity contribution in [1.29, 1.82) is 0 Å². The van der Waals surface area contributed by atoms with Crippen LogP contribution in [0.5, 0.6) is 0 Å². The lowest BCUT2D eigenvalue weighted by Crippen LogP contribution is -2.53. The molecule has 1 heterocycles. The standard InChI is InChI=1S/C33H48N4O11S/c1-22(2)31(36-28(39)11-6-5-7-16-37-29(40)14-15-30(37)41)33(43)34-23(3)32(42)35-27-13-12-26(21-48-24(4)38)25(20-27)10-8-17-47-18-9-19-49(44,45)46/h12-15,20,22-23,31H,5-11,16-19,21H2,1-4H3,(H,34,43)(H,35,42)(H,36,39)(H,44,45,46)/t23-,31-/m0/s1. The Kier molecular flexibility index (Phi) is 17.1. The fraction of sp³-hybridized carbons (Fsp3) is 0.576. The van der Waals surface area contributed by atoms with Gasteiger partial charge in [0.15, 0.2) is 0 Å². The topological polar surface area (TPSA) is 215 Å². The van der Waals surface area contributed by atoms with E-state index >= 15 is 0 Å². The van der Waals surface area contributed by atoms with E-state index in [9.17, 15) is 37.2 Å². The molecule has 0 radical (unpaired) electrons. The number of unbranched alkanes of at least 4 members (excludes halogenated alkanes) is 2. The van der Waals surface area contributed by atoms with Gasteiger partial charge in [-0.05, 0) is 68.2 Å². The number of carbonyl (C=O) groups is 6. The summed E-state index contributed by atoms with van der Waals surface area (Å²) < 4.78 is 41.0. The van der Waals surface area contributed by atoms with Gasteiger partial charge in [0.1, 0.15) is 18.7 Å². The Balaban J connectivity index is 1.88. The van der Waals surface area contributed by atoms with Crippen LogP contribution < -0.4 is 16.0 Å². The number of rotatable bonds is 22. The molecule has 272 valence electrons.